The van der Waals surface area contributed by atoms with Gasteiger partial charge in [-0.25, -0.2) is 0 Å². The third kappa shape index (κ3) is 1.26. The predicted molar refractivity (Wildman–Crippen MR) is 51.3 cm³/mol. The molecule has 69 valence electrons. The van der Waals surface area contributed by atoms with Crippen molar-refractivity contribution < 1.29 is 9.47 Å². The van der Waals surface area contributed by atoms with Crippen molar-refractivity contribution in [3.8, 4) is 11.5 Å². The van der Waals surface area contributed by atoms with E-state index in [1.54, 1.807) is 14.2 Å². The summed E-state index contributed by atoms with van der Waals surface area (Å²) in [5, 5.41) is 0. The van der Waals surface area contributed by atoms with Crippen LogP contribution in [-0.4, -0.2) is 14.2 Å². The van der Waals surface area contributed by atoms with E-state index < -0.39 is 0 Å². The average Bonchev–Trinajstić information content (AvgIpc) is 2.64. The van der Waals surface area contributed by atoms with Crippen molar-refractivity contribution in [2.45, 2.75) is 12.8 Å². The number of rotatable bonds is 2. The fourth-order valence-electron chi connectivity index (χ4n) is 1.84. The molecule has 0 saturated carbocycles. The van der Waals surface area contributed by atoms with Gasteiger partial charge < -0.3 is 9.47 Å². The number of ether oxygens (including phenoxy) is 2. The lowest BCUT2D eigenvalue weighted by Gasteiger charge is -2.10. The first-order valence-corrected chi connectivity index (χ1v) is 4.41. The largest absolute Gasteiger partial charge is 0.496 e. The highest BCUT2D eigenvalue weighted by Gasteiger charge is 2.19. The molecule has 1 aliphatic rings. The first-order valence-electron chi connectivity index (χ1n) is 4.41. The summed E-state index contributed by atoms with van der Waals surface area (Å²) in [5.74, 6) is 1.95. The summed E-state index contributed by atoms with van der Waals surface area (Å²) in [6.07, 6.45) is 4.24. The van der Waals surface area contributed by atoms with Crippen LogP contribution >= 0.6 is 0 Å². The zero-order chi connectivity index (χ0) is 9.26. The summed E-state index contributed by atoms with van der Waals surface area (Å²) in [4.78, 5) is 0. The van der Waals surface area contributed by atoms with Gasteiger partial charge in [-0.15, -0.1) is 0 Å². The van der Waals surface area contributed by atoms with Gasteiger partial charge in [-0.3, -0.25) is 0 Å². The number of benzene rings is 1. The molecule has 0 unspecified atom stereocenters. The first-order chi connectivity index (χ1) is 6.36. The van der Waals surface area contributed by atoms with Gasteiger partial charge in [-0.05, 0) is 31.4 Å². The summed E-state index contributed by atoms with van der Waals surface area (Å²) in [6.45, 7) is 0. The second-order valence-corrected chi connectivity index (χ2v) is 3.12. The number of fused-ring (bicyclic) bond motifs is 1. The van der Waals surface area contributed by atoms with Gasteiger partial charge in [-0.2, -0.15) is 0 Å². The average molecular weight is 177 g/mol. The van der Waals surface area contributed by atoms with Crippen LogP contribution in [0.4, 0.5) is 0 Å². The van der Waals surface area contributed by atoms with E-state index in [1.165, 1.54) is 11.1 Å². The van der Waals surface area contributed by atoms with Gasteiger partial charge in [0, 0.05) is 11.1 Å². The van der Waals surface area contributed by atoms with Gasteiger partial charge in [0.1, 0.15) is 11.5 Å². The van der Waals surface area contributed by atoms with Crippen LogP contribution < -0.4 is 9.47 Å². The summed E-state index contributed by atoms with van der Waals surface area (Å²) in [7, 11) is 3.42. The van der Waals surface area contributed by atoms with Crippen molar-refractivity contribution >= 4 is 0 Å². The van der Waals surface area contributed by atoms with Crippen molar-refractivity contribution in [2.75, 3.05) is 14.2 Å². The summed E-state index contributed by atoms with van der Waals surface area (Å²) < 4.78 is 10.6. The van der Waals surface area contributed by atoms with Gasteiger partial charge in [0.25, 0.3) is 0 Å². The van der Waals surface area contributed by atoms with Gasteiger partial charge in [-0.1, -0.05) is 0 Å². The Morgan fingerprint density at radius 1 is 0.923 bits per heavy atom. The molecule has 0 aliphatic heterocycles. The van der Waals surface area contributed by atoms with Crippen LogP contribution in [0.15, 0.2) is 12.1 Å². The maximum Gasteiger partial charge on any atom is 0.122 e. The summed E-state index contributed by atoms with van der Waals surface area (Å²) in [6, 6.07) is 3.94. The summed E-state index contributed by atoms with van der Waals surface area (Å²) in [5.41, 5.74) is 2.56. The van der Waals surface area contributed by atoms with E-state index in [0.29, 0.717) is 0 Å². The van der Waals surface area contributed by atoms with Gasteiger partial charge in [0.2, 0.25) is 0 Å². The van der Waals surface area contributed by atoms with Gasteiger partial charge in [0.15, 0.2) is 0 Å². The maximum absolute atomic E-state index is 5.28. The monoisotopic (exact) mass is 177 g/mol. The first kappa shape index (κ1) is 8.42. The Hall–Kier alpha value is -1.18. The zero-order valence-corrected chi connectivity index (χ0v) is 7.96. The molecule has 0 amide bonds. The van der Waals surface area contributed by atoms with E-state index in [2.05, 4.69) is 6.42 Å². The quantitative estimate of drug-likeness (QED) is 0.688. The lowest BCUT2D eigenvalue weighted by atomic mass is 10.1. The van der Waals surface area contributed by atoms with Gasteiger partial charge >= 0.3 is 0 Å². The molecule has 2 nitrogen and oxygen atoms in total. The molecule has 0 N–H and O–H groups in total. The Bertz CT molecular complexity index is 287. The number of hydrogen-bond donors (Lipinski definition) is 0. The molecule has 0 aromatic heterocycles. The van der Waals surface area contributed by atoms with E-state index >= 15 is 0 Å². The lowest BCUT2D eigenvalue weighted by molar-refractivity contribution is 0.398. The highest BCUT2D eigenvalue weighted by atomic mass is 16.5. The van der Waals surface area contributed by atoms with Crippen molar-refractivity contribution in [2.24, 2.45) is 0 Å². The van der Waals surface area contributed by atoms with Crippen LogP contribution in [0.3, 0.4) is 0 Å². The second kappa shape index (κ2) is 3.29. The molecule has 0 atom stereocenters. The molecule has 1 aromatic carbocycles. The fraction of sp³-hybridized carbons (Fsp3) is 0.364. The van der Waals surface area contributed by atoms with Crippen molar-refractivity contribution in [3.05, 3.63) is 29.7 Å². The highest BCUT2D eigenvalue weighted by Crippen LogP contribution is 2.36. The normalized spacial score (nSPS) is 14.0. The SMILES string of the molecule is COc1ccc(OC)c2c1C[CH]C2. The molecular weight excluding hydrogens is 164 g/mol. The van der Waals surface area contributed by atoms with Gasteiger partial charge in [0.05, 0.1) is 14.2 Å². The third-order valence-electron chi connectivity index (χ3n) is 2.48. The Balaban J connectivity index is 2.52. The molecule has 13 heavy (non-hydrogen) atoms. The van der Waals surface area contributed by atoms with Crippen molar-refractivity contribution in [1.29, 1.82) is 0 Å². The minimum Gasteiger partial charge on any atom is -0.496 e. The maximum atomic E-state index is 5.28. The molecule has 1 aromatic rings. The van der Waals surface area contributed by atoms with Crippen LogP contribution in [0.2, 0.25) is 0 Å². The second-order valence-electron chi connectivity index (χ2n) is 3.12. The Kier molecular flexibility index (Phi) is 2.13. The van der Waals surface area contributed by atoms with Crippen LogP contribution in [0.25, 0.3) is 0 Å². The molecule has 0 saturated heterocycles. The van der Waals surface area contributed by atoms with Crippen LogP contribution in [0.1, 0.15) is 11.1 Å². The Labute approximate surface area is 78.5 Å². The van der Waals surface area contributed by atoms with Crippen LogP contribution in [0.5, 0.6) is 11.5 Å². The van der Waals surface area contributed by atoms with E-state index in [-0.39, 0.29) is 0 Å². The third-order valence-corrected chi connectivity index (χ3v) is 2.48. The van der Waals surface area contributed by atoms with E-state index in [0.717, 1.165) is 24.3 Å². The lowest BCUT2D eigenvalue weighted by Crippen LogP contribution is -1.94. The topological polar surface area (TPSA) is 18.5 Å². The molecule has 2 rings (SSSR count). The van der Waals surface area contributed by atoms with Crippen molar-refractivity contribution in [3.63, 3.8) is 0 Å². The van der Waals surface area contributed by atoms with E-state index in [9.17, 15) is 0 Å². The molecular formula is C11H13O2. The minimum absolute atomic E-state index is 0.976. The van der Waals surface area contributed by atoms with Crippen molar-refractivity contribution in [1.82, 2.24) is 0 Å². The molecule has 0 fully saturated rings. The molecule has 1 radical (unpaired) electrons. The Morgan fingerprint density at radius 2 is 1.38 bits per heavy atom. The van der Waals surface area contributed by atoms with Crippen LogP contribution in [-0.2, 0) is 12.8 Å². The smallest absolute Gasteiger partial charge is 0.122 e. The molecule has 0 heterocycles. The predicted octanol–water partition coefficient (Wildman–Crippen LogP) is 2.01. The number of methoxy groups -OCH3 is 2. The standard InChI is InChI=1S/C11H13O2/c1-12-10-6-7-11(13-2)9-5-3-4-8(9)10/h3,6-7H,4-5H2,1-2H3. The minimum atomic E-state index is 0.976. The molecule has 2 heteroatoms. The zero-order valence-electron chi connectivity index (χ0n) is 7.96. The van der Waals surface area contributed by atoms with E-state index in [1.807, 2.05) is 12.1 Å². The Morgan fingerprint density at radius 3 is 1.77 bits per heavy atom. The molecule has 1 aliphatic carbocycles. The molecule has 0 bridgehead atoms. The molecule has 0 spiro atoms. The highest BCUT2D eigenvalue weighted by molar-refractivity contribution is 5.52. The number of hydrogen-bond acceptors (Lipinski definition) is 2. The van der Waals surface area contributed by atoms with Crippen LogP contribution in [0, 0.1) is 6.42 Å². The van der Waals surface area contributed by atoms with E-state index in [4.69, 9.17) is 9.47 Å². The fourth-order valence-corrected chi connectivity index (χ4v) is 1.84. The summed E-state index contributed by atoms with van der Waals surface area (Å²) >= 11 is 0.